The molecule has 1 unspecified atom stereocenters. The maximum Gasteiger partial charge on any atom is 0.131 e. The number of hydrogen-bond donors (Lipinski definition) is 2. The van der Waals surface area contributed by atoms with Gasteiger partial charge >= 0.3 is 0 Å². The van der Waals surface area contributed by atoms with E-state index in [1.807, 2.05) is 18.2 Å². The van der Waals surface area contributed by atoms with Crippen LogP contribution in [0.2, 0.25) is 0 Å². The summed E-state index contributed by atoms with van der Waals surface area (Å²) in [6.45, 7) is 1.90. The van der Waals surface area contributed by atoms with Crippen molar-refractivity contribution >= 4 is 6.08 Å². The molecule has 0 bridgehead atoms. The lowest BCUT2D eigenvalue weighted by Crippen LogP contribution is -3.14. The molecule has 30 heavy (non-hydrogen) atoms. The van der Waals surface area contributed by atoms with Crippen molar-refractivity contribution in [1.29, 1.82) is 0 Å². The second-order valence-electron chi connectivity index (χ2n) is 8.72. The number of hydrogen-bond acceptors (Lipinski definition) is 3. The van der Waals surface area contributed by atoms with Crippen LogP contribution in [0.1, 0.15) is 49.3 Å². The lowest BCUT2D eigenvalue weighted by molar-refractivity contribution is -0.939. The Kier molecular flexibility index (Phi) is 6.45. The Hall–Kier alpha value is -2.30. The molecule has 0 spiro atoms. The smallest absolute Gasteiger partial charge is 0.131 e. The van der Waals surface area contributed by atoms with Gasteiger partial charge in [0.2, 0.25) is 0 Å². The molecule has 0 radical (unpaired) electrons. The van der Waals surface area contributed by atoms with Crippen LogP contribution in [0, 0.1) is 5.92 Å². The highest BCUT2D eigenvalue weighted by molar-refractivity contribution is 5.48. The van der Waals surface area contributed by atoms with Gasteiger partial charge in [0.05, 0.1) is 38.5 Å². The van der Waals surface area contributed by atoms with Gasteiger partial charge in [-0.25, -0.2) is 0 Å². The van der Waals surface area contributed by atoms with Crippen molar-refractivity contribution < 1.29 is 19.5 Å². The average Bonchev–Trinajstić information content (AvgIpc) is 2.79. The van der Waals surface area contributed by atoms with Crippen LogP contribution < -0.4 is 14.4 Å². The van der Waals surface area contributed by atoms with Crippen LogP contribution >= 0.6 is 0 Å². The molecule has 4 heteroatoms. The molecule has 1 saturated heterocycles. The fourth-order valence-electron chi connectivity index (χ4n) is 5.51. The fraction of sp³-hybridized carbons (Fsp3) is 0.462. The van der Waals surface area contributed by atoms with E-state index in [9.17, 15) is 5.11 Å². The van der Waals surface area contributed by atoms with Crippen molar-refractivity contribution in [3.05, 3.63) is 65.7 Å². The predicted octanol–water partition coefficient (Wildman–Crippen LogP) is 3.67. The Labute approximate surface area is 180 Å². The Morgan fingerprint density at radius 2 is 1.90 bits per heavy atom. The summed E-state index contributed by atoms with van der Waals surface area (Å²) in [7, 11) is 3.41. The van der Waals surface area contributed by atoms with Gasteiger partial charge in [-0.3, -0.25) is 0 Å². The van der Waals surface area contributed by atoms with Crippen LogP contribution in [-0.4, -0.2) is 38.0 Å². The molecule has 0 aromatic heterocycles. The minimum absolute atomic E-state index is 0.213. The monoisotopic (exact) mass is 408 g/mol. The minimum atomic E-state index is -0.555. The van der Waals surface area contributed by atoms with E-state index in [1.54, 1.807) is 14.2 Å². The Balaban J connectivity index is 1.66. The SMILES string of the molecule is COc1ccc([C@@H]2[C@@H]3CCCC[C@@]3(O)CC[NH+]2C/C=C/c2ccccc2)c(OC)c1. The zero-order valence-corrected chi connectivity index (χ0v) is 18.1. The third-order valence-corrected chi connectivity index (χ3v) is 7.05. The molecule has 1 aliphatic carbocycles. The van der Waals surface area contributed by atoms with Crippen LogP contribution in [0.3, 0.4) is 0 Å². The van der Waals surface area contributed by atoms with Crippen LogP contribution in [0.5, 0.6) is 11.5 Å². The molecule has 1 heterocycles. The first-order valence-electron chi connectivity index (χ1n) is 11.1. The average molecular weight is 409 g/mol. The van der Waals surface area contributed by atoms with E-state index < -0.39 is 5.60 Å². The molecule has 0 amide bonds. The lowest BCUT2D eigenvalue weighted by Gasteiger charge is -2.50. The van der Waals surface area contributed by atoms with E-state index in [4.69, 9.17) is 9.47 Å². The van der Waals surface area contributed by atoms with Gasteiger partial charge in [0.15, 0.2) is 0 Å². The van der Waals surface area contributed by atoms with E-state index in [0.29, 0.717) is 0 Å². The third-order valence-electron chi connectivity index (χ3n) is 7.05. The molecule has 2 aliphatic rings. The standard InChI is InChI=1S/C26H33NO3/c1-29-21-13-14-22(24(19-21)30-2)25-23-12-6-7-15-26(23,28)16-18-27(25)17-8-11-20-9-4-3-5-10-20/h3-5,8-11,13-14,19,23,25,28H,6-7,12,15-18H2,1-2H3/p+1/b11-8+/t23-,25+,26+/m0/s1. The lowest BCUT2D eigenvalue weighted by atomic mass is 9.66. The number of benzene rings is 2. The first-order chi connectivity index (χ1) is 14.6. The first-order valence-corrected chi connectivity index (χ1v) is 11.1. The van der Waals surface area contributed by atoms with Gasteiger partial charge in [0, 0.05) is 18.4 Å². The number of piperidine rings is 1. The number of aliphatic hydroxyl groups is 1. The van der Waals surface area contributed by atoms with Crippen molar-refractivity contribution in [2.75, 3.05) is 27.3 Å². The van der Waals surface area contributed by atoms with Gasteiger partial charge < -0.3 is 19.5 Å². The highest BCUT2D eigenvalue weighted by atomic mass is 16.5. The van der Waals surface area contributed by atoms with Gasteiger partial charge in [-0.05, 0) is 36.6 Å². The number of ether oxygens (including phenoxy) is 2. The summed E-state index contributed by atoms with van der Waals surface area (Å²) in [5.74, 6) is 1.91. The highest BCUT2D eigenvalue weighted by Gasteiger charge is 2.52. The van der Waals surface area contributed by atoms with Crippen molar-refractivity contribution in [2.45, 2.75) is 43.7 Å². The Morgan fingerprint density at radius 1 is 1.07 bits per heavy atom. The van der Waals surface area contributed by atoms with Crippen LogP contribution in [-0.2, 0) is 0 Å². The van der Waals surface area contributed by atoms with Gasteiger partial charge in [-0.1, -0.05) is 49.2 Å². The molecule has 1 aliphatic heterocycles. The maximum atomic E-state index is 11.5. The summed E-state index contributed by atoms with van der Waals surface area (Å²) in [5.41, 5.74) is 1.86. The predicted molar refractivity (Wildman–Crippen MR) is 120 cm³/mol. The summed E-state index contributed by atoms with van der Waals surface area (Å²) >= 11 is 0. The number of rotatable bonds is 6. The van der Waals surface area contributed by atoms with Crippen molar-refractivity contribution in [2.24, 2.45) is 5.92 Å². The summed E-state index contributed by atoms with van der Waals surface area (Å²) in [6.07, 6.45) is 9.67. The largest absolute Gasteiger partial charge is 0.497 e. The number of likely N-dealkylation sites (tertiary alicyclic amines) is 1. The topological polar surface area (TPSA) is 43.1 Å². The molecule has 2 aromatic rings. The molecule has 2 aromatic carbocycles. The maximum absolute atomic E-state index is 11.5. The zero-order valence-electron chi connectivity index (χ0n) is 18.1. The Morgan fingerprint density at radius 3 is 2.67 bits per heavy atom. The molecule has 2 N–H and O–H groups in total. The number of methoxy groups -OCH3 is 2. The molecule has 4 atom stereocenters. The molecule has 2 fully saturated rings. The second kappa shape index (κ2) is 9.23. The molecule has 160 valence electrons. The molecule has 1 saturated carbocycles. The second-order valence-corrected chi connectivity index (χ2v) is 8.72. The van der Waals surface area contributed by atoms with E-state index >= 15 is 0 Å². The minimum Gasteiger partial charge on any atom is -0.497 e. The van der Waals surface area contributed by atoms with Gasteiger partial charge in [0.25, 0.3) is 0 Å². The fourth-order valence-corrected chi connectivity index (χ4v) is 5.51. The van der Waals surface area contributed by atoms with Gasteiger partial charge in [0.1, 0.15) is 17.5 Å². The van der Waals surface area contributed by atoms with E-state index in [0.717, 1.165) is 50.3 Å². The molecule has 4 nitrogen and oxygen atoms in total. The summed E-state index contributed by atoms with van der Waals surface area (Å²) in [6, 6.07) is 16.8. The van der Waals surface area contributed by atoms with Gasteiger partial charge in [-0.2, -0.15) is 0 Å². The first kappa shape index (κ1) is 21.0. The van der Waals surface area contributed by atoms with Crippen molar-refractivity contribution in [1.82, 2.24) is 0 Å². The quantitative estimate of drug-likeness (QED) is 0.767. The zero-order chi connectivity index (χ0) is 21.0. The van der Waals surface area contributed by atoms with E-state index in [2.05, 4.69) is 42.5 Å². The van der Waals surface area contributed by atoms with Crippen LogP contribution in [0.15, 0.2) is 54.6 Å². The molecule has 4 rings (SSSR count). The summed E-state index contributed by atoms with van der Waals surface area (Å²) in [4.78, 5) is 1.50. The van der Waals surface area contributed by atoms with Crippen molar-refractivity contribution in [3.8, 4) is 11.5 Å². The van der Waals surface area contributed by atoms with E-state index in [-0.39, 0.29) is 12.0 Å². The van der Waals surface area contributed by atoms with Crippen LogP contribution in [0.4, 0.5) is 0 Å². The molecular weight excluding hydrogens is 374 g/mol. The third kappa shape index (κ3) is 4.26. The molecular formula is C26H34NO3+. The summed E-state index contributed by atoms with van der Waals surface area (Å²) in [5, 5.41) is 11.5. The van der Waals surface area contributed by atoms with E-state index in [1.165, 1.54) is 22.4 Å². The van der Waals surface area contributed by atoms with Crippen LogP contribution in [0.25, 0.3) is 6.08 Å². The van der Waals surface area contributed by atoms with Crippen molar-refractivity contribution in [3.63, 3.8) is 0 Å². The Bertz CT molecular complexity index is 866. The number of quaternary nitrogens is 1. The highest BCUT2D eigenvalue weighted by Crippen LogP contribution is 2.46. The number of nitrogens with one attached hydrogen (secondary N) is 1. The number of fused-ring (bicyclic) bond motifs is 1. The summed E-state index contributed by atoms with van der Waals surface area (Å²) < 4.78 is 11.2. The van der Waals surface area contributed by atoms with Gasteiger partial charge in [-0.15, -0.1) is 0 Å². The normalized spacial score (nSPS) is 28.8.